The second kappa shape index (κ2) is 4.90. The summed E-state index contributed by atoms with van der Waals surface area (Å²) in [7, 11) is 0. The van der Waals surface area contributed by atoms with Gasteiger partial charge in [-0.15, -0.1) is 0 Å². The average molecular weight is 311 g/mol. The number of rotatable bonds is 2. The lowest BCUT2D eigenvalue weighted by molar-refractivity contribution is 0.103. The summed E-state index contributed by atoms with van der Waals surface area (Å²) in [5.41, 5.74) is 7.47. The number of hydrogen-bond acceptors (Lipinski definition) is 2. The van der Waals surface area contributed by atoms with Gasteiger partial charge in [-0.3, -0.25) is 4.79 Å². The lowest BCUT2D eigenvalue weighted by Crippen LogP contribution is -2.01. The Morgan fingerprint density at radius 1 is 1.06 bits per heavy atom. The van der Waals surface area contributed by atoms with Crippen molar-refractivity contribution in [2.24, 2.45) is 0 Å². The van der Waals surface area contributed by atoms with E-state index < -0.39 is 0 Å². The Morgan fingerprint density at radius 3 is 2.24 bits per heavy atom. The van der Waals surface area contributed by atoms with E-state index in [0.717, 1.165) is 4.47 Å². The summed E-state index contributed by atoms with van der Waals surface area (Å²) in [6.07, 6.45) is 0. The Morgan fingerprint density at radius 2 is 1.65 bits per heavy atom. The van der Waals surface area contributed by atoms with Gasteiger partial charge >= 0.3 is 0 Å². The predicted molar refractivity (Wildman–Crippen MR) is 73.4 cm³/mol. The summed E-state index contributed by atoms with van der Waals surface area (Å²) in [6, 6.07) is 11.9. The molecule has 0 aliphatic rings. The van der Waals surface area contributed by atoms with Crippen molar-refractivity contribution in [1.29, 1.82) is 0 Å². The molecule has 0 unspecified atom stereocenters. The van der Waals surface area contributed by atoms with E-state index in [-0.39, 0.29) is 5.78 Å². The molecule has 0 aliphatic carbocycles. The largest absolute Gasteiger partial charge is 0.398 e. The fourth-order valence-electron chi connectivity index (χ4n) is 1.44. The number of nitrogens with two attached hydrogens (primary N) is 1. The predicted octanol–water partition coefficient (Wildman–Crippen LogP) is 3.92. The highest BCUT2D eigenvalue weighted by Crippen LogP contribution is 2.22. The molecule has 2 aromatic rings. The first-order valence-corrected chi connectivity index (χ1v) is 6.10. The van der Waals surface area contributed by atoms with Crippen LogP contribution in [-0.4, -0.2) is 5.78 Å². The van der Waals surface area contributed by atoms with Gasteiger partial charge in [-0.25, -0.2) is 0 Å². The topological polar surface area (TPSA) is 43.1 Å². The SMILES string of the molecule is Nc1ccc(C(=O)c2ccc(Cl)cc2)cc1Br. The highest BCUT2D eigenvalue weighted by atomic mass is 79.9. The molecule has 0 saturated heterocycles. The van der Waals surface area contributed by atoms with Gasteiger partial charge in [-0.05, 0) is 58.4 Å². The van der Waals surface area contributed by atoms with Crippen molar-refractivity contribution in [2.75, 3.05) is 5.73 Å². The van der Waals surface area contributed by atoms with Gasteiger partial charge in [0.2, 0.25) is 0 Å². The summed E-state index contributed by atoms with van der Waals surface area (Å²) >= 11 is 9.07. The summed E-state index contributed by atoms with van der Waals surface area (Å²) in [6.45, 7) is 0. The van der Waals surface area contributed by atoms with E-state index in [1.54, 1.807) is 42.5 Å². The molecule has 0 saturated carbocycles. The molecule has 2 N–H and O–H groups in total. The fraction of sp³-hybridized carbons (Fsp3) is 0. The van der Waals surface area contributed by atoms with Crippen LogP contribution in [0.15, 0.2) is 46.9 Å². The summed E-state index contributed by atoms with van der Waals surface area (Å²) in [5, 5.41) is 0.611. The van der Waals surface area contributed by atoms with E-state index in [1.807, 2.05) is 0 Å². The lowest BCUT2D eigenvalue weighted by atomic mass is 10.0. The molecular formula is C13H9BrClNO. The van der Waals surface area contributed by atoms with Gasteiger partial charge < -0.3 is 5.73 Å². The van der Waals surface area contributed by atoms with Crippen LogP contribution in [0, 0.1) is 0 Å². The Balaban J connectivity index is 2.37. The number of anilines is 1. The highest BCUT2D eigenvalue weighted by Gasteiger charge is 2.10. The van der Waals surface area contributed by atoms with E-state index >= 15 is 0 Å². The van der Waals surface area contributed by atoms with Crippen molar-refractivity contribution in [1.82, 2.24) is 0 Å². The maximum Gasteiger partial charge on any atom is 0.193 e. The molecule has 0 bridgehead atoms. The zero-order chi connectivity index (χ0) is 12.4. The molecule has 0 atom stereocenters. The van der Waals surface area contributed by atoms with Crippen LogP contribution < -0.4 is 5.73 Å². The first-order chi connectivity index (χ1) is 8.08. The second-order valence-corrected chi connectivity index (χ2v) is 4.86. The van der Waals surface area contributed by atoms with Crippen LogP contribution in [0.4, 0.5) is 5.69 Å². The molecule has 4 heteroatoms. The molecule has 0 amide bonds. The maximum atomic E-state index is 12.1. The van der Waals surface area contributed by atoms with Crippen LogP contribution in [0.5, 0.6) is 0 Å². The molecule has 0 fully saturated rings. The van der Waals surface area contributed by atoms with E-state index in [4.69, 9.17) is 17.3 Å². The number of carbonyl (C=O) groups excluding carboxylic acids is 1. The standard InChI is InChI=1S/C13H9BrClNO/c14-11-7-9(3-6-12(11)16)13(17)8-1-4-10(15)5-2-8/h1-7H,16H2. The van der Waals surface area contributed by atoms with Crippen LogP contribution >= 0.6 is 27.5 Å². The second-order valence-electron chi connectivity index (χ2n) is 3.57. The normalized spacial score (nSPS) is 10.2. The van der Waals surface area contributed by atoms with Gasteiger partial charge in [0.05, 0.1) is 0 Å². The molecule has 0 heterocycles. The van der Waals surface area contributed by atoms with Gasteiger partial charge in [0, 0.05) is 26.3 Å². The van der Waals surface area contributed by atoms with Crippen molar-refractivity contribution >= 4 is 39.0 Å². The van der Waals surface area contributed by atoms with E-state index in [9.17, 15) is 4.79 Å². The summed E-state index contributed by atoms with van der Waals surface area (Å²) in [5.74, 6) is -0.0534. The number of halogens is 2. The number of nitrogen functional groups attached to an aromatic ring is 1. The van der Waals surface area contributed by atoms with Crippen LogP contribution in [0.25, 0.3) is 0 Å². The maximum absolute atomic E-state index is 12.1. The summed E-state index contributed by atoms with van der Waals surface area (Å²) < 4.78 is 0.720. The van der Waals surface area contributed by atoms with Crippen molar-refractivity contribution < 1.29 is 4.79 Å². The van der Waals surface area contributed by atoms with Crippen molar-refractivity contribution in [3.05, 3.63) is 63.1 Å². The van der Waals surface area contributed by atoms with E-state index in [0.29, 0.717) is 21.8 Å². The van der Waals surface area contributed by atoms with Gasteiger partial charge in [0.15, 0.2) is 5.78 Å². The van der Waals surface area contributed by atoms with E-state index in [2.05, 4.69) is 15.9 Å². The number of hydrogen-bond donors (Lipinski definition) is 1. The molecular weight excluding hydrogens is 302 g/mol. The Hall–Kier alpha value is -1.32. The van der Waals surface area contributed by atoms with Gasteiger partial charge in [-0.2, -0.15) is 0 Å². The molecule has 2 aromatic carbocycles. The minimum absolute atomic E-state index is 0.0534. The minimum atomic E-state index is -0.0534. The monoisotopic (exact) mass is 309 g/mol. The minimum Gasteiger partial charge on any atom is -0.398 e. The third-order valence-corrected chi connectivity index (χ3v) is 3.31. The van der Waals surface area contributed by atoms with Crippen LogP contribution in [0.2, 0.25) is 5.02 Å². The first-order valence-electron chi connectivity index (χ1n) is 4.93. The molecule has 0 aliphatic heterocycles. The molecule has 0 spiro atoms. The zero-order valence-electron chi connectivity index (χ0n) is 8.78. The zero-order valence-corrected chi connectivity index (χ0v) is 11.1. The summed E-state index contributed by atoms with van der Waals surface area (Å²) in [4.78, 5) is 12.1. The Labute approximate surface area is 113 Å². The first kappa shape index (κ1) is 12.1. The average Bonchev–Trinajstić information content (AvgIpc) is 2.33. The Kier molecular flexibility index (Phi) is 3.50. The third kappa shape index (κ3) is 2.68. The molecule has 2 rings (SSSR count). The van der Waals surface area contributed by atoms with Crippen LogP contribution in [-0.2, 0) is 0 Å². The molecule has 2 nitrogen and oxygen atoms in total. The lowest BCUT2D eigenvalue weighted by Gasteiger charge is -2.04. The van der Waals surface area contributed by atoms with E-state index in [1.165, 1.54) is 0 Å². The van der Waals surface area contributed by atoms with Gasteiger partial charge in [0.1, 0.15) is 0 Å². The van der Waals surface area contributed by atoms with Crippen LogP contribution in [0.3, 0.4) is 0 Å². The smallest absolute Gasteiger partial charge is 0.193 e. The van der Waals surface area contributed by atoms with Crippen molar-refractivity contribution in [3.8, 4) is 0 Å². The van der Waals surface area contributed by atoms with Gasteiger partial charge in [-0.1, -0.05) is 11.6 Å². The highest BCUT2D eigenvalue weighted by molar-refractivity contribution is 9.10. The number of benzene rings is 2. The van der Waals surface area contributed by atoms with Gasteiger partial charge in [0.25, 0.3) is 0 Å². The van der Waals surface area contributed by atoms with Crippen molar-refractivity contribution in [2.45, 2.75) is 0 Å². The fourth-order valence-corrected chi connectivity index (χ4v) is 1.94. The number of ketones is 1. The third-order valence-electron chi connectivity index (χ3n) is 2.37. The molecule has 0 aromatic heterocycles. The molecule has 0 radical (unpaired) electrons. The Bertz CT molecular complexity index is 566. The van der Waals surface area contributed by atoms with Crippen LogP contribution in [0.1, 0.15) is 15.9 Å². The quantitative estimate of drug-likeness (QED) is 0.675. The molecule has 86 valence electrons. The molecule has 17 heavy (non-hydrogen) atoms. The number of carbonyl (C=O) groups is 1. The van der Waals surface area contributed by atoms with Crippen molar-refractivity contribution in [3.63, 3.8) is 0 Å².